The standard InChI is InChI=1S/C14H14N2O2/c1-9-12(3-2-4-13(9)15)14(18)16-10-5-7-11(17)8-6-10/h2-8,17H,15H2,1H3,(H,16,18). The Labute approximate surface area is 105 Å². The molecule has 0 saturated heterocycles. The minimum absolute atomic E-state index is 0.160. The van der Waals surface area contributed by atoms with E-state index in [1.807, 2.05) is 0 Å². The van der Waals surface area contributed by atoms with Crippen molar-refractivity contribution in [3.63, 3.8) is 0 Å². The van der Waals surface area contributed by atoms with E-state index in [0.29, 0.717) is 16.9 Å². The second-order valence-electron chi connectivity index (χ2n) is 4.02. The quantitative estimate of drug-likeness (QED) is 0.559. The van der Waals surface area contributed by atoms with Gasteiger partial charge in [0.2, 0.25) is 0 Å². The molecular formula is C14H14N2O2. The van der Waals surface area contributed by atoms with Gasteiger partial charge in [0.25, 0.3) is 5.91 Å². The number of nitrogens with two attached hydrogens (primary N) is 1. The molecule has 92 valence electrons. The zero-order valence-corrected chi connectivity index (χ0v) is 9.97. The van der Waals surface area contributed by atoms with Gasteiger partial charge in [-0.25, -0.2) is 0 Å². The summed E-state index contributed by atoms with van der Waals surface area (Å²) >= 11 is 0. The van der Waals surface area contributed by atoms with Crippen molar-refractivity contribution in [2.75, 3.05) is 11.1 Å². The van der Waals surface area contributed by atoms with E-state index in [2.05, 4.69) is 5.32 Å². The van der Waals surface area contributed by atoms with E-state index in [1.165, 1.54) is 12.1 Å². The second-order valence-corrected chi connectivity index (χ2v) is 4.02. The molecule has 2 aromatic rings. The van der Waals surface area contributed by atoms with Crippen LogP contribution in [0.3, 0.4) is 0 Å². The fourth-order valence-corrected chi connectivity index (χ4v) is 1.64. The molecule has 18 heavy (non-hydrogen) atoms. The smallest absolute Gasteiger partial charge is 0.256 e. The van der Waals surface area contributed by atoms with Crippen LogP contribution in [-0.2, 0) is 0 Å². The average molecular weight is 242 g/mol. The molecule has 0 heterocycles. The van der Waals surface area contributed by atoms with Gasteiger partial charge in [0.05, 0.1) is 0 Å². The largest absolute Gasteiger partial charge is 0.508 e. The van der Waals surface area contributed by atoms with Crippen LogP contribution < -0.4 is 11.1 Å². The molecule has 1 amide bonds. The van der Waals surface area contributed by atoms with Gasteiger partial charge < -0.3 is 16.2 Å². The van der Waals surface area contributed by atoms with Crippen molar-refractivity contribution in [1.82, 2.24) is 0 Å². The van der Waals surface area contributed by atoms with Crippen molar-refractivity contribution in [2.45, 2.75) is 6.92 Å². The van der Waals surface area contributed by atoms with Gasteiger partial charge in [-0.1, -0.05) is 6.07 Å². The van der Waals surface area contributed by atoms with Crippen LogP contribution in [0.5, 0.6) is 5.75 Å². The van der Waals surface area contributed by atoms with E-state index in [9.17, 15) is 4.79 Å². The predicted octanol–water partition coefficient (Wildman–Crippen LogP) is 2.54. The molecule has 0 saturated carbocycles. The van der Waals surface area contributed by atoms with Crippen molar-refractivity contribution >= 4 is 17.3 Å². The van der Waals surface area contributed by atoms with Gasteiger partial charge in [0.15, 0.2) is 0 Å². The number of carbonyl (C=O) groups excluding carboxylic acids is 1. The van der Waals surface area contributed by atoms with Crippen LogP contribution in [0.4, 0.5) is 11.4 Å². The molecule has 0 aromatic heterocycles. The van der Waals surface area contributed by atoms with E-state index in [1.54, 1.807) is 37.3 Å². The minimum Gasteiger partial charge on any atom is -0.508 e. The number of aromatic hydroxyl groups is 1. The Balaban J connectivity index is 2.22. The number of hydrogen-bond acceptors (Lipinski definition) is 3. The van der Waals surface area contributed by atoms with Gasteiger partial charge in [0.1, 0.15) is 5.75 Å². The third-order valence-corrected chi connectivity index (χ3v) is 2.75. The van der Waals surface area contributed by atoms with E-state index in [0.717, 1.165) is 5.56 Å². The molecule has 0 unspecified atom stereocenters. The van der Waals surface area contributed by atoms with Crippen LogP contribution in [0.1, 0.15) is 15.9 Å². The summed E-state index contributed by atoms with van der Waals surface area (Å²) in [6.07, 6.45) is 0. The zero-order chi connectivity index (χ0) is 13.1. The molecule has 4 N–H and O–H groups in total. The van der Waals surface area contributed by atoms with Crippen LogP contribution in [0, 0.1) is 6.92 Å². The van der Waals surface area contributed by atoms with E-state index >= 15 is 0 Å². The molecule has 0 bridgehead atoms. The Morgan fingerprint density at radius 1 is 1.17 bits per heavy atom. The molecule has 0 spiro atoms. The lowest BCUT2D eigenvalue weighted by Crippen LogP contribution is -2.14. The molecule has 0 aliphatic carbocycles. The molecule has 0 atom stereocenters. The maximum absolute atomic E-state index is 12.0. The first kappa shape index (κ1) is 12.0. The maximum Gasteiger partial charge on any atom is 0.256 e. The van der Waals surface area contributed by atoms with Gasteiger partial charge in [-0.05, 0) is 48.9 Å². The molecule has 4 heteroatoms. The molecule has 0 aliphatic rings. The Morgan fingerprint density at radius 2 is 1.83 bits per heavy atom. The van der Waals surface area contributed by atoms with Crippen LogP contribution in [-0.4, -0.2) is 11.0 Å². The lowest BCUT2D eigenvalue weighted by atomic mass is 10.1. The topological polar surface area (TPSA) is 75.4 Å². The highest BCUT2D eigenvalue weighted by Crippen LogP contribution is 2.18. The number of nitrogens with one attached hydrogen (secondary N) is 1. The summed E-state index contributed by atoms with van der Waals surface area (Å²) in [6, 6.07) is 11.5. The Bertz CT molecular complexity index is 577. The minimum atomic E-state index is -0.217. The maximum atomic E-state index is 12.0. The van der Waals surface area contributed by atoms with Crippen molar-refractivity contribution in [3.05, 3.63) is 53.6 Å². The molecule has 2 rings (SSSR count). The number of nitrogen functional groups attached to an aromatic ring is 1. The van der Waals surface area contributed by atoms with Crippen LogP contribution in [0.2, 0.25) is 0 Å². The molecule has 0 aliphatic heterocycles. The summed E-state index contributed by atoms with van der Waals surface area (Å²) in [7, 11) is 0. The Morgan fingerprint density at radius 3 is 2.50 bits per heavy atom. The first-order chi connectivity index (χ1) is 8.58. The van der Waals surface area contributed by atoms with Gasteiger partial charge >= 0.3 is 0 Å². The SMILES string of the molecule is Cc1c(N)cccc1C(=O)Nc1ccc(O)cc1. The number of phenols is 1. The van der Waals surface area contributed by atoms with Gasteiger partial charge in [-0.2, -0.15) is 0 Å². The first-order valence-electron chi connectivity index (χ1n) is 5.53. The third kappa shape index (κ3) is 2.43. The summed E-state index contributed by atoms with van der Waals surface area (Å²) in [5.41, 5.74) is 8.28. The summed E-state index contributed by atoms with van der Waals surface area (Å²) in [5.74, 6) is -0.0568. The molecule has 0 radical (unpaired) electrons. The lowest BCUT2D eigenvalue weighted by molar-refractivity contribution is 0.102. The number of hydrogen-bond donors (Lipinski definition) is 3. The number of amides is 1. The fourth-order valence-electron chi connectivity index (χ4n) is 1.64. The average Bonchev–Trinajstić information content (AvgIpc) is 2.35. The lowest BCUT2D eigenvalue weighted by Gasteiger charge is -2.09. The predicted molar refractivity (Wildman–Crippen MR) is 71.7 cm³/mol. The van der Waals surface area contributed by atoms with E-state index < -0.39 is 0 Å². The monoisotopic (exact) mass is 242 g/mol. The first-order valence-corrected chi connectivity index (χ1v) is 5.53. The normalized spacial score (nSPS) is 10.1. The second kappa shape index (κ2) is 4.79. The van der Waals surface area contributed by atoms with Crippen molar-refractivity contribution in [3.8, 4) is 5.75 Å². The molecule has 4 nitrogen and oxygen atoms in total. The molecule has 0 fully saturated rings. The number of rotatable bonds is 2. The van der Waals surface area contributed by atoms with Crippen molar-refractivity contribution in [2.24, 2.45) is 0 Å². The van der Waals surface area contributed by atoms with Gasteiger partial charge in [-0.15, -0.1) is 0 Å². The fraction of sp³-hybridized carbons (Fsp3) is 0.0714. The number of phenolic OH excluding ortho intramolecular Hbond substituents is 1. The Hall–Kier alpha value is -2.49. The third-order valence-electron chi connectivity index (χ3n) is 2.75. The van der Waals surface area contributed by atoms with Crippen molar-refractivity contribution < 1.29 is 9.90 Å². The molecular weight excluding hydrogens is 228 g/mol. The zero-order valence-electron chi connectivity index (χ0n) is 9.97. The van der Waals surface area contributed by atoms with Crippen LogP contribution in [0.15, 0.2) is 42.5 Å². The number of carbonyl (C=O) groups is 1. The summed E-state index contributed by atoms with van der Waals surface area (Å²) in [5, 5.41) is 11.9. The highest BCUT2D eigenvalue weighted by atomic mass is 16.3. The van der Waals surface area contributed by atoms with Gasteiger partial charge in [-0.3, -0.25) is 4.79 Å². The van der Waals surface area contributed by atoms with Gasteiger partial charge in [0, 0.05) is 16.9 Å². The summed E-state index contributed by atoms with van der Waals surface area (Å²) < 4.78 is 0. The van der Waals surface area contributed by atoms with E-state index in [-0.39, 0.29) is 11.7 Å². The van der Waals surface area contributed by atoms with Crippen LogP contribution in [0.25, 0.3) is 0 Å². The summed E-state index contributed by atoms with van der Waals surface area (Å²) in [6.45, 7) is 1.81. The molecule has 2 aromatic carbocycles. The van der Waals surface area contributed by atoms with E-state index in [4.69, 9.17) is 10.8 Å². The number of anilines is 2. The highest BCUT2D eigenvalue weighted by Gasteiger charge is 2.10. The summed E-state index contributed by atoms with van der Waals surface area (Å²) in [4.78, 5) is 12.0. The van der Waals surface area contributed by atoms with Crippen LogP contribution >= 0.6 is 0 Å². The highest BCUT2D eigenvalue weighted by molar-refractivity contribution is 6.06. The van der Waals surface area contributed by atoms with Crippen molar-refractivity contribution in [1.29, 1.82) is 0 Å². The number of benzene rings is 2. The Kier molecular flexibility index (Phi) is 3.19.